The van der Waals surface area contributed by atoms with E-state index < -0.39 is 5.82 Å². The van der Waals surface area contributed by atoms with E-state index in [1.54, 1.807) is 59.7 Å². The molecule has 0 radical (unpaired) electrons. The number of halogens is 2. The van der Waals surface area contributed by atoms with Crippen LogP contribution in [-0.4, -0.2) is 31.8 Å². The molecule has 3 heterocycles. The largest absolute Gasteiger partial charge is 0.494 e. The number of para-hydroxylation sites is 1. The molecule has 140 valence electrons. The summed E-state index contributed by atoms with van der Waals surface area (Å²) in [7, 11) is 1.47. The van der Waals surface area contributed by atoms with Crippen LogP contribution in [0.4, 0.5) is 16.0 Å². The summed E-state index contributed by atoms with van der Waals surface area (Å²) in [5.41, 5.74) is 1.52. The van der Waals surface area contributed by atoms with Crippen molar-refractivity contribution >= 4 is 23.2 Å². The summed E-state index contributed by atoms with van der Waals surface area (Å²) < 4.78 is 20.9. The van der Waals surface area contributed by atoms with Gasteiger partial charge in [0.05, 0.1) is 19.0 Å². The minimum Gasteiger partial charge on any atom is -0.494 e. The Morgan fingerprint density at radius 3 is 2.79 bits per heavy atom. The molecule has 0 bridgehead atoms. The molecule has 28 heavy (non-hydrogen) atoms. The van der Waals surface area contributed by atoms with Crippen molar-refractivity contribution in [3.05, 3.63) is 72.0 Å². The third-order valence-corrected chi connectivity index (χ3v) is 4.11. The number of pyridine rings is 1. The van der Waals surface area contributed by atoms with Crippen molar-refractivity contribution < 1.29 is 9.13 Å². The highest BCUT2D eigenvalue weighted by molar-refractivity contribution is 6.29. The van der Waals surface area contributed by atoms with Crippen LogP contribution in [0.5, 0.6) is 5.75 Å². The molecular formula is C19H14ClFN6O. The highest BCUT2D eigenvalue weighted by atomic mass is 35.5. The number of aromatic nitrogens is 5. The molecular weight excluding hydrogens is 383 g/mol. The molecule has 1 aromatic carbocycles. The van der Waals surface area contributed by atoms with Crippen molar-refractivity contribution in [2.75, 3.05) is 12.4 Å². The molecule has 4 rings (SSSR count). The summed E-state index contributed by atoms with van der Waals surface area (Å²) in [4.78, 5) is 12.8. The second-order valence-electron chi connectivity index (χ2n) is 5.70. The minimum atomic E-state index is -0.465. The molecule has 0 saturated carbocycles. The van der Waals surface area contributed by atoms with Gasteiger partial charge < -0.3 is 10.1 Å². The van der Waals surface area contributed by atoms with Crippen molar-refractivity contribution in [3.8, 4) is 22.8 Å². The van der Waals surface area contributed by atoms with E-state index in [1.165, 1.54) is 13.2 Å². The normalized spacial score (nSPS) is 10.7. The number of nitrogens with zero attached hydrogens (tertiary/aromatic N) is 5. The van der Waals surface area contributed by atoms with Gasteiger partial charge in [0.25, 0.3) is 0 Å². The molecule has 0 atom stereocenters. The number of methoxy groups -OCH3 is 1. The summed E-state index contributed by atoms with van der Waals surface area (Å²) in [6.45, 7) is 0. The standard InChI is InChI=1S/C19H14ClFN6O/c1-28-15-5-2-4-13(21)18(15)26-19-22-9-8-14(24-19)12-10-23-27(11-12)17-7-3-6-16(20)25-17/h2-11H,1H3,(H,22,24,26). The van der Waals surface area contributed by atoms with Crippen LogP contribution in [0.25, 0.3) is 17.1 Å². The lowest BCUT2D eigenvalue weighted by Crippen LogP contribution is -2.02. The number of benzene rings is 1. The summed E-state index contributed by atoms with van der Waals surface area (Å²) in [5.74, 6) is 0.707. The smallest absolute Gasteiger partial charge is 0.227 e. The summed E-state index contributed by atoms with van der Waals surface area (Å²) in [6.07, 6.45) is 5.00. The van der Waals surface area contributed by atoms with Crippen LogP contribution in [0.15, 0.2) is 61.1 Å². The van der Waals surface area contributed by atoms with E-state index in [0.29, 0.717) is 22.4 Å². The van der Waals surface area contributed by atoms with Crippen molar-refractivity contribution in [1.29, 1.82) is 0 Å². The number of nitrogens with one attached hydrogen (secondary N) is 1. The topological polar surface area (TPSA) is 77.8 Å². The average Bonchev–Trinajstić information content (AvgIpc) is 3.20. The van der Waals surface area contributed by atoms with E-state index in [0.717, 1.165) is 5.56 Å². The van der Waals surface area contributed by atoms with Crippen molar-refractivity contribution in [2.24, 2.45) is 0 Å². The van der Waals surface area contributed by atoms with Crippen LogP contribution in [0.2, 0.25) is 5.15 Å². The minimum absolute atomic E-state index is 0.168. The Labute approximate surface area is 164 Å². The number of rotatable bonds is 5. The highest BCUT2D eigenvalue weighted by Gasteiger charge is 2.12. The van der Waals surface area contributed by atoms with Gasteiger partial charge in [-0.05, 0) is 30.3 Å². The third kappa shape index (κ3) is 3.63. The molecule has 0 aliphatic rings. The Balaban J connectivity index is 1.63. The maximum Gasteiger partial charge on any atom is 0.227 e. The fraction of sp³-hybridized carbons (Fsp3) is 0.0526. The highest BCUT2D eigenvalue weighted by Crippen LogP contribution is 2.29. The van der Waals surface area contributed by atoms with Gasteiger partial charge in [0.15, 0.2) is 11.6 Å². The lowest BCUT2D eigenvalue weighted by molar-refractivity contribution is 0.414. The molecule has 0 amide bonds. The fourth-order valence-electron chi connectivity index (χ4n) is 2.59. The molecule has 0 unspecified atom stereocenters. The SMILES string of the molecule is COc1cccc(F)c1Nc1nccc(-c2cnn(-c3cccc(Cl)n3)c2)n1. The summed E-state index contributed by atoms with van der Waals surface area (Å²) >= 11 is 5.93. The van der Waals surface area contributed by atoms with Gasteiger partial charge >= 0.3 is 0 Å². The van der Waals surface area contributed by atoms with Gasteiger partial charge in [0, 0.05) is 18.0 Å². The Morgan fingerprint density at radius 2 is 1.96 bits per heavy atom. The van der Waals surface area contributed by atoms with E-state index in [1.807, 2.05) is 0 Å². The first-order valence-corrected chi connectivity index (χ1v) is 8.62. The van der Waals surface area contributed by atoms with Gasteiger partial charge in [-0.3, -0.25) is 0 Å². The van der Waals surface area contributed by atoms with E-state index in [4.69, 9.17) is 16.3 Å². The first kappa shape index (κ1) is 17.9. The molecule has 0 spiro atoms. The Morgan fingerprint density at radius 1 is 1.11 bits per heavy atom. The second kappa shape index (κ2) is 7.61. The number of hydrogen-bond acceptors (Lipinski definition) is 6. The van der Waals surface area contributed by atoms with E-state index in [2.05, 4.69) is 25.4 Å². The van der Waals surface area contributed by atoms with Gasteiger partial charge in [-0.2, -0.15) is 5.10 Å². The van der Waals surface area contributed by atoms with Crippen LogP contribution in [0.3, 0.4) is 0 Å². The van der Waals surface area contributed by atoms with E-state index in [-0.39, 0.29) is 11.6 Å². The van der Waals surface area contributed by atoms with Gasteiger partial charge in [0.2, 0.25) is 5.95 Å². The number of hydrogen-bond donors (Lipinski definition) is 1. The lowest BCUT2D eigenvalue weighted by Gasteiger charge is -2.11. The number of ether oxygens (including phenoxy) is 1. The van der Waals surface area contributed by atoms with Crippen LogP contribution in [0, 0.1) is 5.82 Å². The quantitative estimate of drug-likeness (QED) is 0.507. The Bertz CT molecular complexity index is 1130. The maximum atomic E-state index is 14.1. The molecule has 9 heteroatoms. The molecule has 3 aromatic heterocycles. The molecule has 1 N–H and O–H groups in total. The second-order valence-corrected chi connectivity index (χ2v) is 6.09. The maximum absolute atomic E-state index is 14.1. The molecule has 0 saturated heterocycles. The molecule has 4 aromatic rings. The van der Waals surface area contributed by atoms with Crippen LogP contribution in [0.1, 0.15) is 0 Å². The van der Waals surface area contributed by atoms with E-state index in [9.17, 15) is 4.39 Å². The van der Waals surface area contributed by atoms with Crippen LogP contribution >= 0.6 is 11.6 Å². The first-order chi connectivity index (χ1) is 13.6. The zero-order valence-corrected chi connectivity index (χ0v) is 15.4. The molecule has 0 aliphatic carbocycles. The van der Waals surface area contributed by atoms with Crippen LogP contribution in [-0.2, 0) is 0 Å². The summed E-state index contributed by atoms with van der Waals surface area (Å²) in [5, 5.41) is 7.54. The monoisotopic (exact) mass is 396 g/mol. The third-order valence-electron chi connectivity index (χ3n) is 3.90. The number of anilines is 2. The van der Waals surface area contributed by atoms with Gasteiger partial charge in [0.1, 0.15) is 16.6 Å². The van der Waals surface area contributed by atoms with E-state index >= 15 is 0 Å². The molecule has 0 aliphatic heterocycles. The Kier molecular flexibility index (Phi) is 4.86. The fourth-order valence-corrected chi connectivity index (χ4v) is 2.75. The predicted molar refractivity (Wildman–Crippen MR) is 104 cm³/mol. The summed E-state index contributed by atoms with van der Waals surface area (Å²) in [6, 6.07) is 11.6. The van der Waals surface area contributed by atoms with Gasteiger partial charge in [-0.1, -0.05) is 23.7 Å². The van der Waals surface area contributed by atoms with Crippen molar-refractivity contribution in [2.45, 2.75) is 0 Å². The lowest BCUT2D eigenvalue weighted by atomic mass is 10.2. The Hall–Kier alpha value is -3.52. The zero-order valence-electron chi connectivity index (χ0n) is 14.7. The first-order valence-electron chi connectivity index (χ1n) is 8.24. The van der Waals surface area contributed by atoms with Gasteiger partial charge in [-0.25, -0.2) is 24.0 Å². The van der Waals surface area contributed by atoms with Crippen LogP contribution < -0.4 is 10.1 Å². The average molecular weight is 397 g/mol. The van der Waals surface area contributed by atoms with Crippen molar-refractivity contribution in [1.82, 2.24) is 24.7 Å². The molecule has 7 nitrogen and oxygen atoms in total. The predicted octanol–water partition coefficient (Wildman–Crippen LogP) is 4.27. The molecule has 0 fully saturated rings. The van der Waals surface area contributed by atoms with Crippen molar-refractivity contribution in [3.63, 3.8) is 0 Å². The van der Waals surface area contributed by atoms with Gasteiger partial charge in [-0.15, -0.1) is 0 Å². The zero-order chi connectivity index (χ0) is 19.5.